The van der Waals surface area contributed by atoms with E-state index in [9.17, 15) is 14.0 Å². The van der Waals surface area contributed by atoms with Gasteiger partial charge in [-0.2, -0.15) is 0 Å². The van der Waals surface area contributed by atoms with Crippen LogP contribution in [0.5, 0.6) is 11.5 Å². The van der Waals surface area contributed by atoms with Crippen LogP contribution in [0.2, 0.25) is 0 Å². The van der Waals surface area contributed by atoms with Crippen molar-refractivity contribution < 1.29 is 18.7 Å². The van der Waals surface area contributed by atoms with Crippen LogP contribution in [0.4, 0.5) is 4.39 Å². The van der Waals surface area contributed by atoms with Gasteiger partial charge in [0.1, 0.15) is 5.75 Å². The third-order valence-electron chi connectivity index (χ3n) is 4.90. The lowest BCUT2D eigenvalue weighted by Crippen LogP contribution is -2.41. The third-order valence-corrected chi connectivity index (χ3v) is 4.90. The van der Waals surface area contributed by atoms with Crippen LogP contribution in [-0.2, 0) is 4.79 Å². The number of nitrogens with one attached hydrogen (secondary N) is 1. The summed E-state index contributed by atoms with van der Waals surface area (Å²) >= 11 is 0. The van der Waals surface area contributed by atoms with Crippen LogP contribution in [0, 0.1) is 19.7 Å². The molecular weight excluding hydrogens is 359 g/mol. The summed E-state index contributed by atoms with van der Waals surface area (Å²) in [7, 11) is 0. The van der Waals surface area contributed by atoms with E-state index >= 15 is 0 Å². The Kier molecular flexibility index (Phi) is 5.97. The number of likely N-dealkylation sites (tertiary alicyclic amines) is 1. The van der Waals surface area contributed by atoms with E-state index in [1.807, 2.05) is 13.8 Å². The number of carbonyl (C=O) groups is 2. The van der Waals surface area contributed by atoms with Gasteiger partial charge in [0.25, 0.3) is 5.91 Å². The van der Waals surface area contributed by atoms with Gasteiger partial charge in [0.2, 0.25) is 5.91 Å². The number of carbonyl (C=O) groups excluding carboxylic acids is 2. The zero-order chi connectivity index (χ0) is 20.3. The smallest absolute Gasteiger partial charge is 0.251 e. The third kappa shape index (κ3) is 4.68. The second-order valence-corrected chi connectivity index (χ2v) is 7.33. The molecule has 0 saturated carbocycles. The topological polar surface area (TPSA) is 58.6 Å². The number of benzene rings is 2. The number of hydrogen-bond acceptors (Lipinski definition) is 3. The quantitative estimate of drug-likeness (QED) is 0.848. The van der Waals surface area contributed by atoms with Gasteiger partial charge in [-0.05, 0) is 75.1 Å². The summed E-state index contributed by atoms with van der Waals surface area (Å²) in [5, 5.41) is 2.67. The summed E-state index contributed by atoms with van der Waals surface area (Å²) in [5.74, 6) is -0.437. The molecule has 1 saturated heterocycles. The molecule has 1 atom stereocenters. The second kappa shape index (κ2) is 8.42. The molecule has 6 heteroatoms. The lowest BCUT2D eigenvalue weighted by molar-refractivity contribution is -0.130. The minimum atomic E-state index is -0.460. The monoisotopic (exact) mass is 384 g/mol. The average molecular weight is 384 g/mol. The van der Waals surface area contributed by atoms with Crippen LogP contribution in [0.15, 0.2) is 36.4 Å². The molecule has 0 radical (unpaired) electrons. The van der Waals surface area contributed by atoms with Crippen molar-refractivity contribution in [3.05, 3.63) is 58.9 Å². The molecule has 0 bridgehead atoms. The van der Waals surface area contributed by atoms with Crippen molar-refractivity contribution in [2.45, 2.75) is 39.7 Å². The Labute approximate surface area is 164 Å². The Bertz CT molecular complexity index is 897. The summed E-state index contributed by atoms with van der Waals surface area (Å²) in [6.07, 6.45) is 1.99. The van der Waals surface area contributed by atoms with Crippen LogP contribution >= 0.6 is 0 Å². The van der Waals surface area contributed by atoms with Gasteiger partial charge in [0.15, 0.2) is 11.6 Å². The standard InChI is InChI=1S/C22H25FN2O3/c1-14-6-7-20(19(23)11-14)28-18-10-15(2)9-17(12-18)22(27)24-13-21(26)25-8-4-5-16(25)3/h6-7,9-12,16H,4-5,8,13H2,1-3H3,(H,24,27). The molecule has 28 heavy (non-hydrogen) atoms. The van der Waals surface area contributed by atoms with Gasteiger partial charge in [-0.15, -0.1) is 0 Å². The van der Waals surface area contributed by atoms with Crippen molar-refractivity contribution in [3.8, 4) is 11.5 Å². The zero-order valence-corrected chi connectivity index (χ0v) is 16.4. The Morgan fingerprint density at radius 1 is 1.18 bits per heavy atom. The maximum absolute atomic E-state index is 14.0. The van der Waals surface area contributed by atoms with Crippen LogP contribution in [-0.4, -0.2) is 35.8 Å². The molecular formula is C22H25FN2O3. The van der Waals surface area contributed by atoms with Gasteiger partial charge in [0, 0.05) is 18.2 Å². The van der Waals surface area contributed by atoms with Crippen molar-refractivity contribution in [2.75, 3.05) is 13.1 Å². The van der Waals surface area contributed by atoms with Gasteiger partial charge in [-0.25, -0.2) is 4.39 Å². The number of amides is 2. The molecule has 1 heterocycles. The molecule has 2 aromatic rings. The van der Waals surface area contributed by atoms with Crippen molar-refractivity contribution >= 4 is 11.8 Å². The van der Waals surface area contributed by atoms with E-state index in [1.165, 1.54) is 6.07 Å². The van der Waals surface area contributed by atoms with Gasteiger partial charge < -0.3 is 15.0 Å². The molecule has 3 rings (SSSR count). The van der Waals surface area contributed by atoms with Gasteiger partial charge >= 0.3 is 0 Å². The van der Waals surface area contributed by atoms with Crippen LogP contribution in [0.1, 0.15) is 41.3 Å². The second-order valence-electron chi connectivity index (χ2n) is 7.33. The lowest BCUT2D eigenvalue weighted by atomic mass is 10.1. The Morgan fingerprint density at radius 3 is 2.64 bits per heavy atom. The van der Waals surface area contributed by atoms with Crippen molar-refractivity contribution in [1.29, 1.82) is 0 Å². The van der Waals surface area contributed by atoms with E-state index < -0.39 is 5.82 Å². The van der Waals surface area contributed by atoms with E-state index in [2.05, 4.69) is 5.32 Å². The minimum absolute atomic E-state index is 0.0418. The number of ether oxygens (including phenoxy) is 1. The Balaban J connectivity index is 1.68. The fourth-order valence-corrected chi connectivity index (χ4v) is 3.42. The fourth-order valence-electron chi connectivity index (χ4n) is 3.42. The highest BCUT2D eigenvalue weighted by molar-refractivity contribution is 5.97. The average Bonchev–Trinajstić information content (AvgIpc) is 3.07. The van der Waals surface area contributed by atoms with Crippen molar-refractivity contribution in [2.24, 2.45) is 0 Å². The molecule has 1 unspecified atom stereocenters. The van der Waals surface area contributed by atoms with Gasteiger partial charge in [-0.1, -0.05) is 6.07 Å². The van der Waals surface area contributed by atoms with Crippen molar-refractivity contribution in [3.63, 3.8) is 0 Å². The normalized spacial score (nSPS) is 16.1. The molecule has 1 fully saturated rings. The number of halogens is 1. The molecule has 148 valence electrons. The molecule has 0 aliphatic carbocycles. The first-order valence-electron chi connectivity index (χ1n) is 9.47. The maximum atomic E-state index is 14.0. The van der Waals surface area contributed by atoms with E-state index in [4.69, 9.17) is 4.74 Å². The first kappa shape index (κ1) is 19.9. The molecule has 2 aromatic carbocycles. The molecule has 0 spiro atoms. The number of rotatable bonds is 5. The highest BCUT2D eigenvalue weighted by Gasteiger charge is 2.25. The van der Waals surface area contributed by atoms with Gasteiger partial charge in [-0.3, -0.25) is 9.59 Å². The van der Waals surface area contributed by atoms with Crippen LogP contribution in [0.25, 0.3) is 0 Å². The molecule has 1 N–H and O–H groups in total. The summed E-state index contributed by atoms with van der Waals surface area (Å²) < 4.78 is 19.7. The first-order valence-corrected chi connectivity index (χ1v) is 9.47. The molecule has 1 aliphatic heterocycles. The molecule has 0 aromatic heterocycles. The number of aryl methyl sites for hydroxylation is 2. The highest BCUT2D eigenvalue weighted by atomic mass is 19.1. The summed E-state index contributed by atoms with van der Waals surface area (Å²) in [5.41, 5.74) is 1.96. The molecule has 2 amide bonds. The van der Waals surface area contributed by atoms with E-state index in [0.29, 0.717) is 11.3 Å². The molecule has 5 nitrogen and oxygen atoms in total. The predicted octanol–water partition coefficient (Wildman–Crippen LogP) is 3.98. The number of hydrogen-bond donors (Lipinski definition) is 1. The SMILES string of the molecule is Cc1cc(Oc2ccc(C)cc2F)cc(C(=O)NCC(=O)N2CCCC2C)c1. The minimum Gasteiger partial charge on any atom is -0.454 e. The van der Waals surface area contributed by atoms with E-state index in [1.54, 1.807) is 42.2 Å². The van der Waals surface area contributed by atoms with Crippen LogP contribution < -0.4 is 10.1 Å². The van der Waals surface area contributed by atoms with Crippen molar-refractivity contribution in [1.82, 2.24) is 10.2 Å². The first-order chi connectivity index (χ1) is 13.3. The van der Waals surface area contributed by atoms with Crippen LogP contribution in [0.3, 0.4) is 0 Å². The largest absolute Gasteiger partial charge is 0.454 e. The Morgan fingerprint density at radius 2 is 1.96 bits per heavy atom. The lowest BCUT2D eigenvalue weighted by Gasteiger charge is -2.21. The molecule has 1 aliphatic rings. The van der Waals surface area contributed by atoms with Gasteiger partial charge in [0.05, 0.1) is 6.54 Å². The maximum Gasteiger partial charge on any atom is 0.251 e. The van der Waals surface area contributed by atoms with E-state index in [0.717, 1.165) is 30.5 Å². The predicted molar refractivity (Wildman–Crippen MR) is 105 cm³/mol. The fraction of sp³-hybridized carbons (Fsp3) is 0.364. The zero-order valence-electron chi connectivity index (χ0n) is 16.4. The van der Waals surface area contributed by atoms with E-state index in [-0.39, 0.29) is 30.2 Å². The Hall–Kier alpha value is -2.89. The number of nitrogens with zero attached hydrogens (tertiary/aromatic N) is 1. The summed E-state index contributed by atoms with van der Waals surface area (Å²) in [4.78, 5) is 26.6. The summed E-state index contributed by atoms with van der Waals surface area (Å²) in [6, 6.07) is 9.90. The highest BCUT2D eigenvalue weighted by Crippen LogP contribution is 2.27. The summed E-state index contributed by atoms with van der Waals surface area (Å²) in [6.45, 7) is 6.33.